The van der Waals surface area contributed by atoms with Crippen molar-refractivity contribution in [2.24, 2.45) is 5.92 Å². The molecule has 0 unspecified atom stereocenters. The first-order chi connectivity index (χ1) is 21.4. The van der Waals surface area contributed by atoms with Crippen molar-refractivity contribution in [3.05, 3.63) is 119 Å². The molecule has 0 spiro atoms. The van der Waals surface area contributed by atoms with Crippen molar-refractivity contribution >= 4 is 43.5 Å². The van der Waals surface area contributed by atoms with E-state index < -0.39 is 28.5 Å². The van der Waals surface area contributed by atoms with Gasteiger partial charge in [-0.3, -0.25) is 13.9 Å². The second-order valence-corrected chi connectivity index (χ2v) is 14.0. The second-order valence-electron chi connectivity index (χ2n) is 11.2. The second kappa shape index (κ2) is 15.2. The summed E-state index contributed by atoms with van der Waals surface area (Å²) in [5, 5.41) is 2.90. The molecular formula is C35H38BrN3O5S. The van der Waals surface area contributed by atoms with Crippen molar-refractivity contribution in [1.82, 2.24) is 10.2 Å². The van der Waals surface area contributed by atoms with Crippen LogP contribution in [0.1, 0.15) is 31.9 Å². The fraction of sp³-hybridized carbons (Fsp3) is 0.257. The Hall–Kier alpha value is -4.15. The maximum atomic E-state index is 14.1. The van der Waals surface area contributed by atoms with Crippen molar-refractivity contribution in [2.75, 3.05) is 17.4 Å². The van der Waals surface area contributed by atoms with E-state index in [1.807, 2.05) is 75.4 Å². The normalized spacial score (nSPS) is 12.0. The topological polar surface area (TPSA) is 96.0 Å². The minimum atomic E-state index is -4.18. The van der Waals surface area contributed by atoms with E-state index in [0.717, 1.165) is 19.9 Å². The number of anilines is 1. The smallest absolute Gasteiger partial charge is 0.264 e. The first-order valence-corrected chi connectivity index (χ1v) is 16.9. The molecule has 0 aliphatic carbocycles. The summed E-state index contributed by atoms with van der Waals surface area (Å²) in [6.45, 7) is 7.53. The van der Waals surface area contributed by atoms with Gasteiger partial charge in [0.05, 0.1) is 10.6 Å². The molecule has 236 valence electrons. The average Bonchev–Trinajstić information content (AvgIpc) is 3.02. The number of benzene rings is 4. The number of nitrogens with one attached hydrogen (secondary N) is 1. The Morgan fingerprint density at radius 1 is 0.844 bits per heavy atom. The van der Waals surface area contributed by atoms with Crippen LogP contribution in [-0.4, -0.2) is 44.3 Å². The molecule has 1 N–H and O–H groups in total. The number of ether oxygens (including phenoxy) is 1. The van der Waals surface area contributed by atoms with Gasteiger partial charge in [-0.1, -0.05) is 77.8 Å². The highest BCUT2D eigenvalue weighted by molar-refractivity contribution is 9.10. The molecule has 0 heterocycles. The van der Waals surface area contributed by atoms with Gasteiger partial charge in [0.15, 0.2) is 0 Å². The minimum Gasteiger partial charge on any atom is -0.457 e. The molecule has 0 aliphatic heterocycles. The molecular weight excluding hydrogens is 654 g/mol. The summed E-state index contributed by atoms with van der Waals surface area (Å²) in [5.74, 6) is 0.525. The Morgan fingerprint density at radius 2 is 1.49 bits per heavy atom. The number of carbonyl (C=O) groups excluding carboxylic acids is 2. The fourth-order valence-corrected chi connectivity index (χ4v) is 6.40. The van der Waals surface area contributed by atoms with Gasteiger partial charge in [-0.2, -0.15) is 0 Å². The van der Waals surface area contributed by atoms with Gasteiger partial charge in [0.25, 0.3) is 10.0 Å². The maximum Gasteiger partial charge on any atom is 0.264 e. The largest absolute Gasteiger partial charge is 0.457 e. The summed E-state index contributed by atoms with van der Waals surface area (Å²) in [5.41, 5.74) is 1.97. The Balaban J connectivity index is 1.69. The van der Waals surface area contributed by atoms with Crippen LogP contribution in [0.2, 0.25) is 0 Å². The standard InChI is InChI=1S/C35H38BrN3O5S/c1-25(2)22-37-35(41)27(4)38(23-28-9-8-10-29(36)21-28)34(40)24-39(45(42,43)33-19-13-26(3)14-20-33)30-15-17-32(18-16-30)44-31-11-6-5-7-12-31/h5-21,25,27H,22-24H2,1-4H3,(H,37,41)/t27-/m1/s1. The number of hydrogen-bond donors (Lipinski definition) is 1. The van der Waals surface area contributed by atoms with Gasteiger partial charge in [0, 0.05) is 17.6 Å². The highest BCUT2D eigenvalue weighted by Crippen LogP contribution is 2.29. The van der Waals surface area contributed by atoms with Crippen LogP contribution >= 0.6 is 15.9 Å². The zero-order chi connectivity index (χ0) is 32.6. The number of carbonyl (C=O) groups is 2. The molecule has 0 bridgehead atoms. The van der Waals surface area contributed by atoms with E-state index in [1.54, 1.807) is 43.3 Å². The van der Waals surface area contributed by atoms with Crippen LogP contribution in [-0.2, 0) is 26.2 Å². The van der Waals surface area contributed by atoms with Crippen LogP contribution < -0.4 is 14.4 Å². The van der Waals surface area contributed by atoms with Crippen LogP contribution in [0.15, 0.2) is 112 Å². The van der Waals surface area contributed by atoms with E-state index in [9.17, 15) is 18.0 Å². The zero-order valence-electron chi connectivity index (χ0n) is 25.8. The molecule has 0 aromatic heterocycles. The highest BCUT2D eigenvalue weighted by Gasteiger charge is 2.32. The zero-order valence-corrected chi connectivity index (χ0v) is 28.2. The molecule has 10 heteroatoms. The van der Waals surface area contributed by atoms with Crippen LogP contribution in [0.4, 0.5) is 5.69 Å². The lowest BCUT2D eigenvalue weighted by atomic mass is 10.1. The number of amides is 2. The van der Waals surface area contributed by atoms with E-state index >= 15 is 0 Å². The van der Waals surface area contributed by atoms with Crippen molar-refractivity contribution < 1.29 is 22.7 Å². The van der Waals surface area contributed by atoms with E-state index in [1.165, 1.54) is 17.0 Å². The van der Waals surface area contributed by atoms with Crippen LogP contribution in [0.5, 0.6) is 11.5 Å². The van der Waals surface area contributed by atoms with Crippen molar-refractivity contribution in [3.8, 4) is 11.5 Å². The SMILES string of the molecule is Cc1ccc(S(=O)(=O)N(CC(=O)N(Cc2cccc(Br)c2)[C@H](C)C(=O)NCC(C)C)c2ccc(Oc3ccccc3)cc2)cc1. The summed E-state index contributed by atoms with van der Waals surface area (Å²) in [4.78, 5) is 28.8. The van der Waals surface area contributed by atoms with E-state index in [4.69, 9.17) is 4.74 Å². The minimum absolute atomic E-state index is 0.0479. The fourth-order valence-electron chi connectivity index (χ4n) is 4.54. The molecule has 0 radical (unpaired) electrons. The Bertz CT molecular complexity index is 1700. The van der Waals surface area contributed by atoms with E-state index in [-0.39, 0.29) is 29.0 Å². The number of nitrogens with zero attached hydrogens (tertiary/aromatic N) is 2. The van der Waals surface area contributed by atoms with Crippen LogP contribution in [0, 0.1) is 12.8 Å². The van der Waals surface area contributed by atoms with Gasteiger partial charge in [0.1, 0.15) is 24.1 Å². The lowest BCUT2D eigenvalue weighted by Gasteiger charge is -2.32. The van der Waals surface area contributed by atoms with Crippen molar-refractivity contribution in [3.63, 3.8) is 0 Å². The van der Waals surface area contributed by atoms with Gasteiger partial charge in [-0.25, -0.2) is 8.42 Å². The van der Waals surface area contributed by atoms with Crippen molar-refractivity contribution in [1.29, 1.82) is 0 Å². The molecule has 4 aromatic carbocycles. The van der Waals surface area contributed by atoms with Gasteiger partial charge >= 0.3 is 0 Å². The molecule has 0 aliphatic rings. The summed E-state index contributed by atoms with van der Waals surface area (Å²) < 4.78 is 36.0. The number of para-hydroxylation sites is 1. The Kier molecular flexibility index (Phi) is 11.4. The third-order valence-electron chi connectivity index (χ3n) is 7.09. The molecule has 45 heavy (non-hydrogen) atoms. The summed E-state index contributed by atoms with van der Waals surface area (Å²) in [7, 11) is -4.18. The third kappa shape index (κ3) is 9.18. The number of halogens is 1. The summed E-state index contributed by atoms with van der Waals surface area (Å²) >= 11 is 3.47. The first kappa shape index (κ1) is 33.7. The number of hydrogen-bond acceptors (Lipinski definition) is 5. The van der Waals surface area contributed by atoms with E-state index in [0.29, 0.717) is 18.0 Å². The predicted octanol–water partition coefficient (Wildman–Crippen LogP) is 6.93. The van der Waals surface area contributed by atoms with Gasteiger partial charge in [-0.05, 0) is 86.0 Å². The lowest BCUT2D eigenvalue weighted by Crippen LogP contribution is -2.51. The van der Waals surface area contributed by atoms with Crippen LogP contribution in [0.3, 0.4) is 0 Å². The summed E-state index contributed by atoms with van der Waals surface area (Å²) in [6, 6.07) is 28.8. The number of rotatable bonds is 13. The van der Waals surface area contributed by atoms with Gasteiger partial charge in [0.2, 0.25) is 11.8 Å². The quantitative estimate of drug-likeness (QED) is 0.164. The van der Waals surface area contributed by atoms with Gasteiger partial charge < -0.3 is 15.0 Å². The maximum absolute atomic E-state index is 14.1. The Morgan fingerprint density at radius 3 is 2.11 bits per heavy atom. The molecule has 0 saturated carbocycles. The molecule has 0 fully saturated rings. The number of sulfonamides is 1. The molecule has 4 aromatic rings. The Labute approximate surface area is 274 Å². The molecule has 8 nitrogen and oxygen atoms in total. The molecule has 4 rings (SSSR count). The monoisotopic (exact) mass is 691 g/mol. The first-order valence-electron chi connectivity index (χ1n) is 14.7. The third-order valence-corrected chi connectivity index (χ3v) is 9.37. The van der Waals surface area contributed by atoms with Crippen molar-refractivity contribution in [2.45, 2.75) is 45.2 Å². The number of aryl methyl sites for hydroxylation is 1. The lowest BCUT2D eigenvalue weighted by molar-refractivity contribution is -0.139. The molecule has 2 amide bonds. The highest BCUT2D eigenvalue weighted by atomic mass is 79.9. The summed E-state index contributed by atoms with van der Waals surface area (Å²) in [6.07, 6.45) is 0. The molecule has 1 atom stereocenters. The predicted molar refractivity (Wildman–Crippen MR) is 181 cm³/mol. The average molecular weight is 693 g/mol. The van der Waals surface area contributed by atoms with Gasteiger partial charge in [-0.15, -0.1) is 0 Å². The van der Waals surface area contributed by atoms with Crippen LogP contribution in [0.25, 0.3) is 0 Å². The molecule has 0 saturated heterocycles. The van der Waals surface area contributed by atoms with E-state index in [2.05, 4.69) is 21.2 Å².